The smallest absolute Gasteiger partial charge is 0.225 e. The lowest BCUT2D eigenvalue weighted by Crippen LogP contribution is -2.51. The molecule has 0 bridgehead atoms. The van der Waals surface area contributed by atoms with Gasteiger partial charge in [0.2, 0.25) is 5.95 Å². The van der Waals surface area contributed by atoms with Gasteiger partial charge in [0, 0.05) is 38.6 Å². The van der Waals surface area contributed by atoms with Crippen LogP contribution in [0.1, 0.15) is 11.6 Å². The van der Waals surface area contributed by atoms with Crippen LogP contribution in [0, 0.1) is 18.2 Å². The van der Waals surface area contributed by atoms with Gasteiger partial charge in [0.1, 0.15) is 11.9 Å². The van der Waals surface area contributed by atoms with E-state index in [1.807, 2.05) is 4.90 Å². The van der Waals surface area contributed by atoms with Gasteiger partial charge < -0.3 is 15.5 Å². The molecule has 0 radical (unpaired) electrons. The number of guanidine groups is 1. The number of halogens is 1. The Balaban J connectivity index is 1.65. The van der Waals surface area contributed by atoms with E-state index in [0.29, 0.717) is 25.0 Å². The summed E-state index contributed by atoms with van der Waals surface area (Å²) in [4.78, 5) is 17.0. The summed E-state index contributed by atoms with van der Waals surface area (Å²) in [5.41, 5.74) is 6.87. The second-order valence-electron chi connectivity index (χ2n) is 5.63. The minimum atomic E-state index is -0.531. The zero-order valence-corrected chi connectivity index (χ0v) is 13.7. The molecule has 128 valence electrons. The number of hydrogen-bond acceptors (Lipinski definition) is 4. The first-order valence-corrected chi connectivity index (χ1v) is 7.99. The zero-order chi connectivity index (χ0) is 17.6. The van der Waals surface area contributed by atoms with Crippen molar-refractivity contribution in [1.29, 1.82) is 0 Å². The number of aromatic nitrogens is 2. The van der Waals surface area contributed by atoms with Crippen LogP contribution in [0.25, 0.3) is 0 Å². The van der Waals surface area contributed by atoms with Gasteiger partial charge in [0.05, 0.1) is 0 Å². The van der Waals surface area contributed by atoms with Gasteiger partial charge in [0.25, 0.3) is 0 Å². The SMILES string of the molecule is C#CC(N=C(N)N1CCN(c2ncccn2)CC1)c1ccc(F)cc1. The molecule has 1 aromatic carbocycles. The maximum Gasteiger partial charge on any atom is 0.225 e. The normalized spacial score (nSPS) is 16.4. The molecule has 3 rings (SSSR count). The summed E-state index contributed by atoms with van der Waals surface area (Å²) in [5.74, 6) is 3.39. The van der Waals surface area contributed by atoms with Crippen LogP contribution in [0.5, 0.6) is 0 Å². The first-order valence-electron chi connectivity index (χ1n) is 7.99. The van der Waals surface area contributed by atoms with Crippen molar-refractivity contribution in [3.63, 3.8) is 0 Å². The van der Waals surface area contributed by atoms with E-state index in [4.69, 9.17) is 12.2 Å². The van der Waals surface area contributed by atoms with E-state index in [9.17, 15) is 4.39 Å². The predicted octanol–water partition coefficient (Wildman–Crippen LogP) is 1.43. The lowest BCUT2D eigenvalue weighted by atomic mass is 10.1. The van der Waals surface area contributed by atoms with Crippen LogP contribution in [-0.4, -0.2) is 47.0 Å². The van der Waals surface area contributed by atoms with Crippen LogP contribution in [0.4, 0.5) is 10.3 Å². The van der Waals surface area contributed by atoms with Gasteiger partial charge in [-0.1, -0.05) is 18.1 Å². The van der Waals surface area contributed by atoms with Crippen molar-refractivity contribution in [3.05, 3.63) is 54.1 Å². The molecular formula is C18H19FN6. The van der Waals surface area contributed by atoms with Crippen molar-refractivity contribution in [2.24, 2.45) is 10.7 Å². The highest BCUT2D eigenvalue weighted by atomic mass is 19.1. The molecule has 2 N–H and O–H groups in total. The number of piperazine rings is 1. The number of benzene rings is 1. The standard InChI is InChI=1S/C18H19FN6/c1-2-16(14-4-6-15(19)7-5-14)23-17(20)24-10-12-25(13-11-24)18-21-8-3-9-22-18/h1,3-9,16H,10-13H2,(H2,20,23). The maximum atomic E-state index is 13.0. The minimum Gasteiger partial charge on any atom is -0.370 e. The Morgan fingerprint density at radius 2 is 1.80 bits per heavy atom. The summed E-state index contributed by atoms with van der Waals surface area (Å²) < 4.78 is 13.0. The fourth-order valence-corrected chi connectivity index (χ4v) is 2.66. The topological polar surface area (TPSA) is 70.6 Å². The molecule has 6 nitrogen and oxygen atoms in total. The lowest BCUT2D eigenvalue weighted by Gasteiger charge is -2.35. The van der Waals surface area contributed by atoms with E-state index >= 15 is 0 Å². The Hall–Kier alpha value is -3.14. The highest BCUT2D eigenvalue weighted by Gasteiger charge is 2.20. The molecule has 1 unspecified atom stereocenters. The molecule has 1 aromatic heterocycles. The quantitative estimate of drug-likeness (QED) is 0.521. The molecule has 1 fully saturated rings. The first-order chi connectivity index (χ1) is 12.2. The number of aliphatic imine (C=N–C) groups is 1. The molecular weight excluding hydrogens is 319 g/mol. The summed E-state index contributed by atoms with van der Waals surface area (Å²) in [5, 5.41) is 0. The highest BCUT2D eigenvalue weighted by molar-refractivity contribution is 5.79. The van der Waals surface area contributed by atoms with Crippen LogP contribution in [0.15, 0.2) is 47.7 Å². The number of nitrogens with two attached hydrogens (primary N) is 1. The molecule has 2 heterocycles. The number of terminal acetylenes is 1. The molecule has 7 heteroatoms. The van der Waals surface area contributed by atoms with E-state index in [-0.39, 0.29) is 5.82 Å². The predicted molar refractivity (Wildman–Crippen MR) is 95.4 cm³/mol. The molecule has 1 aliphatic heterocycles. The average Bonchev–Trinajstić information content (AvgIpc) is 2.67. The second-order valence-corrected chi connectivity index (χ2v) is 5.63. The minimum absolute atomic E-state index is 0.310. The van der Waals surface area contributed by atoms with E-state index in [0.717, 1.165) is 18.7 Å². The Morgan fingerprint density at radius 1 is 1.16 bits per heavy atom. The third kappa shape index (κ3) is 4.04. The molecule has 2 aromatic rings. The fourth-order valence-electron chi connectivity index (χ4n) is 2.66. The second kappa shape index (κ2) is 7.62. The summed E-state index contributed by atoms with van der Waals surface area (Å²) in [6, 6.07) is 7.24. The summed E-state index contributed by atoms with van der Waals surface area (Å²) >= 11 is 0. The van der Waals surface area contributed by atoms with Crippen molar-refractivity contribution < 1.29 is 4.39 Å². The number of rotatable bonds is 3. The van der Waals surface area contributed by atoms with Crippen LogP contribution in [-0.2, 0) is 0 Å². The summed E-state index contributed by atoms with van der Waals surface area (Å²) in [7, 11) is 0. The van der Waals surface area contributed by atoms with E-state index in [1.54, 1.807) is 30.6 Å². The van der Waals surface area contributed by atoms with Gasteiger partial charge in [0.15, 0.2) is 5.96 Å². The maximum absolute atomic E-state index is 13.0. The van der Waals surface area contributed by atoms with Gasteiger partial charge in [-0.2, -0.15) is 0 Å². The fraction of sp³-hybridized carbons (Fsp3) is 0.278. The number of nitrogens with zero attached hydrogens (tertiary/aromatic N) is 5. The lowest BCUT2D eigenvalue weighted by molar-refractivity contribution is 0.377. The van der Waals surface area contributed by atoms with E-state index in [2.05, 4.69) is 25.8 Å². The molecule has 0 saturated carbocycles. The summed E-state index contributed by atoms with van der Waals surface area (Å²) in [6.07, 6.45) is 9.02. The van der Waals surface area contributed by atoms with Gasteiger partial charge >= 0.3 is 0 Å². The molecule has 1 atom stereocenters. The molecule has 1 saturated heterocycles. The highest BCUT2D eigenvalue weighted by Crippen LogP contribution is 2.18. The van der Waals surface area contributed by atoms with E-state index < -0.39 is 6.04 Å². The number of anilines is 1. The van der Waals surface area contributed by atoms with Crippen molar-refractivity contribution >= 4 is 11.9 Å². The van der Waals surface area contributed by atoms with Gasteiger partial charge in [-0.15, -0.1) is 6.42 Å². The summed E-state index contributed by atoms with van der Waals surface area (Å²) in [6.45, 7) is 2.90. The Kier molecular flexibility index (Phi) is 5.09. The molecule has 0 amide bonds. The van der Waals surface area contributed by atoms with Crippen molar-refractivity contribution in [1.82, 2.24) is 14.9 Å². The van der Waals surface area contributed by atoms with E-state index in [1.165, 1.54) is 12.1 Å². The van der Waals surface area contributed by atoms with Crippen molar-refractivity contribution in [3.8, 4) is 12.3 Å². The molecule has 1 aliphatic rings. The monoisotopic (exact) mass is 338 g/mol. The van der Waals surface area contributed by atoms with Gasteiger partial charge in [-0.3, -0.25) is 0 Å². The Labute approximate surface area is 146 Å². The Bertz CT molecular complexity index is 760. The van der Waals surface area contributed by atoms with Crippen molar-refractivity contribution in [2.75, 3.05) is 31.1 Å². The molecule has 0 aliphatic carbocycles. The third-order valence-corrected chi connectivity index (χ3v) is 4.04. The van der Waals surface area contributed by atoms with Crippen LogP contribution < -0.4 is 10.6 Å². The van der Waals surface area contributed by atoms with Crippen LogP contribution in [0.3, 0.4) is 0 Å². The number of hydrogen-bond donors (Lipinski definition) is 1. The molecule has 25 heavy (non-hydrogen) atoms. The van der Waals surface area contributed by atoms with Crippen LogP contribution >= 0.6 is 0 Å². The zero-order valence-electron chi connectivity index (χ0n) is 13.7. The first kappa shape index (κ1) is 16.7. The molecule has 0 spiro atoms. The third-order valence-electron chi connectivity index (χ3n) is 4.04. The average molecular weight is 338 g/mol. The van der Waals surface area contributed by atoms with Gasteiger partial charge in [-0.25, -0.2) is 19.4 Å². The van der Waals surface area contributed by atoms with Gasteiger partial charge in [-0.05, 0) is 23.8 Å². The van der Waals surface area contributed by atoms with Crippen LogP contribution in [0.2, 0.25) is 0 Å². The van der Waals surface area contributed by atoms with Crippen molar-refractivity contribution in [2.45, 2.75) is 6.04 Å². The Morgan fingerprint density at radius 3 is 2.40 bits per heavy atom. The largest absolute Gasteiger partial charge is 0.370 e.